The van der Waals surface area contributed by atoms with E-state index in [1.54, 1.807) is 37.5 Å². The third kappa shape index (κ3) is 2.82. The molecule has 0 saturated carbocycles. The van der Waals surface area contributed by atoms with Gasteiger partial charge in [-0.15, -0.1) is 0 Å². The topological polar surface area (TPSA) is 54.6 Å². The van der Waals surface area contributed by atoms with E-state index < -0.39 is 0 Å². The third-order valence-corrected chi connectivity index (χ3v) is 2.91. The molecule has 0 unspecified atom stereocenters. The van der Waals surface area contributed by atoms with E-state index in [0.29, 0.717) is 11.3 Å². The van der Waals surface area contributed by atoms with Crippen LogP contribution < -0.4 is 5.43 Å². The number of hydrazone groups is 1. The molecule has 0 aliphatic rings. The van der Waals surface area contributed by atoms with Crippen molar-refractivity contribution in [2.45, 2.75) is 13.8 Å². The molecule has 1 amide bonds. The zero-order valence-corrected chi connectivity index (χ0v) is 10.4. The summed E-state index contributed by atoms with van der Waals surface area (Å²) in [5.74, 6) is 1.06. The van der Waals surface area contributed by atoms with Crippen LogP contribution in [0.4, 0.5) is 0 Å². The fourth-order valence-electron chi connectivity index (χ4n) is 1.43. The van der Waals surface area contributed by atoms with E-state index in [9.17, 15) is 4.79 Å². The van der Waals surface area contributed by atoms with Crippen LogP contribution in [0.2, 0.25) is 0 Å². The van der Waals surface area contributed by atoms with E-state index in [1.165, 1.54) is 0 Å². The van der Waals surface area contributed by atoms with E-state index in [1.807, 2.05) is 16.8 Å². The van der Waals surface area contributed by atoms with Gasteiger partial charge in [-0.2, -0.15) is 16.4 Å². The number of aryl methyl sites for hydroxylation is 2. The van der Waals surface area contributed by atoms with Crippen LogP contribution in [0.3, 0.4) is 0 Å². The van der Waals surface area contributed by atoms with Crippen LogP contribution in [0.15, 0.2) is 32.4 Å². The molecule has 0 atom stereocenters. The highest BCUT2D eigenvalue weighted by Gasteiger charge is 2.12. The summed E-state index contributed by atoms with van der Waals surface area (Å²) in [6.45, 7) is 3.56. The summed E-state index contributed by atoms with van der Waals surface area (Å²) in [7, 11) is 0. The molecule has 2 rings (SSSR count). The number of hydrogen-bond acceptors (Lipinski definition) is 4. The highest BCUT2D eigenvalue weighted by Crippen LogP contribution is 2.13. The molecule has 17 heavy (non-hydrogen) atoms. The Morgan fingerprint density at radius 1 is 1.53 bits per heavy atom. The second kappa shape index (κ2) is 4.97. The highest BCUT2D eigenvalue weighted by atomic mass is 32.1. The fraction of sp³-hybridized carbons (Fsp3) is 0.167. The maximum Gasteiger partial charge on any atom is 0.274 e. The molecule has 5 heteroatoms. The van der Waals surface area contributed by atoms with E-state index in [2.05, 4.69) is 10.5 Å². The fourth-order valence-corrected chi connectivity index (χ4v) is 2.04. The van der Waals surface area contributed by atoms with Crippen LogP contribution in [-0.2, 0) is 0 Å². The molecule has 0 saturated heterocycles. The second-order valence-electron chi connectivity index (χ2n) is 3.58. The lowest BCUT2D eigenvalue weighted by Gasteiger charge is -1.96. The zero-order chi connectivity index (χ0) is 12.3. The molecule has 0 bridgehead atoms. The van der Waals surface area contributed by atoms with Gasteiger partial charge in [0.05, 0.1) is 11.8 Å². The van der Waals surface area contributed by atoms with E-state index in [-0.39, 0.29) is 5.91 Å². The number of rotatable bonds is 3. The van der Waals surface area contributed by atoms with Crippen molar-refractivity contribution < 1.29 is 9.21 Å². The Morgan fingerprint density at radius 3 is 2.94 bits per heavy atom. The number of furan rings is 1. The Morgan fingerprint density at radius 2 is 2.35 bits per heavy atom. The molecular formula is C12H12N2O2S. The van der Waals surface area contributed by atoms with Crippen LogP contribution in [-0.4, -0.2) is 12.1 Å². The molecule has 4 nitrogen and oxygen atoms in total. The van der Waals surface area contributed by atoms with Crippen LogP contribution in [0, 0.1) is 13.8 Å². The first-order valence-corrected chi connectivity index (χ1v) is 6.04. The Bertz CT molecular complexity index is 541. The smallest absolute Gasteiger partial charge is 0.274 e. The Kier molecular flexibility index (Phi) is 3.39. The van der Waals surface area contributed by atoms with Crippen molar-refractivity contribution in [3.63, 3.8) is 0 Å². The Balaban J connectivity index is 2.00. The van der Waals surface area contributed by atoms with E-state index in [4.69, 9.17) is 4.42 Å². The summed E-state index contributed by atoms with van der Waals surface area (Å²) in [5, 5.41) is 7.78. The van der Waals surface area contributed by atoms with Gasteiger partial charge in [0.1, 0.15) is 11.5 Å². The standard InChI is InChI=1S/C12H12N2O2S/c1-8-5-11(9(2)16-8)12(15)14-13-6-10-3-4-17-7-10/h3-7H,1-2H3,(H,14,15)/b13-6+. The van der Waals surface area contributed by atoms with E-state index >= 15 is 0 Å². The quantitative estimate of drug-likeness (QED) is 0.670. The van der Waals surface area contributed by atoms with Gasteiger partial charge in [0.2, 0.25) is 0 Å². The van der Waals surface area contributed by atoms with Crippen molar-refractivity contribution in [2.24, 2.45) is 5.10 Å². The van der Waals surface area contributed by atoms with Crippen molar-refractivity contribution in [2.75, 3.05) is 0 Å². The molecule has 0 fully saturated rings. The molecule has 0 aliphatic carbocycles. The first-order chi connectivity index (χ1) is 8.16. The number of carbonyl (C=O) groups is 1. The average Bonchev–Trinajstić information content (AvgIpc) is 2.88. The van der Waals surface area contributed by atoms with Crippen molar-refractivity contribution in [1.82, 2.24) is 5.43 Å². The molecule has 88 valence electrons. The molecule has 1 N–H and O–H groups in total. The first-order valence-electron chi connectivity index (χ1n) is 5.09. The monoisotopic (exact) mass is 248 g/mol. The van der Waals surface area contributed by atoms with Gasteiger partial charge in [0, 0.05) is 5.56 Å². The van der Waals surface area contributed by atoms with Crippen LogP contribution in [0.1, 0.15) is 27.4 Å². The lowest BCUT2D eigenvalue weighted by Crippen LogP contribution is -2.17. The maximum absolute atomic E-state index is 11.7. The molecular weight excluding hydrogens is 236 g/mol. The maximum atomic E-state index is 11.7. The molecule has 2 aromatic rings. The van der Waals surface area contributed by atoms with Gasteiger partial charge in [-0.25, -0.2) is 5.43 Å². The van der Waals surface area contributed by atoms with Gasteiger partial charge in [0.15, 0.2) is 0 Å². The number of nitrogens with zero attached hydrogens (tertiary/aromatic N) is 1. The number of thiophene rings is 1. The minimum Gasteiger partial charge on any atom is -0.466 e. The molecule has 0 aromatic carbocycles. The minimum atomic E-state index is -0.258. The Hall–Kier alpha value is -1.88. The predicted molar refractivity (Wildman–Crippen MR) is 67.6 cm³/mol. The van der Waals surface area contributed by atoms with Gasteiger partial charge >= 0.3 is 0 Å². The van der Waals surface area contributed by atoms with Gasteiger partial charge in [-0.05, 0) is 36.7 Å². The lowest BCUT2D eigenvalue weighted by atomic mass is 10.2. The predicted octanol–water partition coefficient (Wildman–Crippen LogP) is 2.72. The summed E-state index contributed by atoms with van der Waals surface area (Å²) in [4.78, 5) is 11.7. The number of nitrogens with one attached hydrogen (secondary N) is 1. The normalized spacial score (nSPS) is 10.9. The number of amides is 1. The summed E-state index contributed by atoms with van der Waals surface area (Å²) in [5.41, 5.74) is 3.95. The molecule has 2 heterocycles. The van der Waals surface area contributed by atoms with Gasteiger partial charge < -0.3 is 4.42 Å². The summed E-state index contributed by atoms with van der Waals surface area (Å²) >= 11 is 1.58. The summed E-state index contributed by atoms with van der Waals surface area (Å²) in [6.07, 6.45) is 1.61. The first kappa shape index (κ1) is 11.6. The molecule has 2 aromatic heterocycles. The summed E-state index contributed by atoms with van der Waals surface area (Å²) < 4.78 is 5.28. The third-order valence-electron chi connectivity index (χ3n) is 2.21. The van der Waals surface area contributed by atoms with Crippen LogP contribution in [0.25, 0.3) is 0 Å². The average molecular weight is 248 g/mol. The van der Waals surface area contributed by atoms with Gasteiger partial charge in [0.25, 0.3) is 5.91 Å². The SMILES string of the molecule is Cc1cc(C(=O)N/N=C/c2ccsc2)c(C)o1. The van der Waals surface area contributed by atoms with E-state index in [0.717, 1.165) is 11.3 Å². The number of hydrogen-bond donors (Lipinski definition) is 1. The van der Waals surface area contributed by atoms with Gasteiger partial charge in [-0.3, -0.25) is 4.79 Å². The second-order valence-corrected chi connectivity index (χ2v) is 4.36. The molecule has 0 radical (unpaired) electrons. The van der Waals surface area contributed by atoms with Crippen LogP contribution >= 0.6 is 11.3 Å². The van der Waals surface area contributed by atoms with Crippen molar-refractivity contribution >= 4 is 23.5 Å². The lowest BCUT2D eigenvalue weighted by molar-refractivity contribution is 0.0953. The number of carbonyl (C=O) groups excluding carboxylic acids is 1. The minimum absolute atomic E-state index is 0.258. The van der Waals surface area contributed by atoms with Crippen molar-refractivity contribution in [3.8, 4) is 0 Å². The molecule has 0 spiro atoms. The largest absolute Gasteiger partial charge is 0.466 e. The molecule has 0 aliphatic heterocycles. The van der Waals surface area contributed by atoms with Crippen LogP contribution in [0.5, 0.6) is 0 Å². The Labute approximate surface area is 103 Å². The van der Waals surface area contributed by atoms with Gasteiger partial charge in [-0.1, -0.05) is 0 Å². The summed E-state index contributed by atoms with van der Waals surface area (Å²) in [6, 6.07) is 3.62. The highest BCUT2D eigenvalue weighted by molar-refractivity contribution is 7.08. The zero-order valence-electron chi connectivity index (χ0n) is 9.56. The van der Waals surface area contributed by atoms with Crippen molar-refractivity contribution in [1.29, 1.82) is 0 Å². The van der Waals surface area contributed by atoms with Crippen molar-refractivity contribution in [3.05, 3.63) is 45.5 Å².